The molecular formula is C21H21N3O4S. The van der Waals surface area contributed by atoms with Crippen LogP contribution in [0.5, 0.6) is 0 Å². The molecule has 7 nitrogen and oxygen atoms in total. The molecule has 2 aromatic heterocycles. The third-order valence-corrected chi connectivity index (χ3v) is 6.41. The van der Waals surface area contributed by atoms with E-state index in [1.54, 1.807) is 23.3 Å². The molecule has 1 aliphatic carbocycles. The Labute approximate surface area is 172 Å². The first-order chi connectivity index (χ1) is 14.1. The number of anilines is 1. The predicted molar refractivity (Wildman–Crippen MR) is 108 cm³/mol. The van der Waals surface area contributed by atoms with Crippen LogP contribution in [0.25, 0.3) is 6.08 Å². The molecule has 4 rings (SSSR count). The Morgan fingerprint density at radius 2 is 2.31 bits per heavy atom. The van der Waals surface area contributed by atoms with Crippen molar-refractivity contribution in [3.63, 3.8) is 0 Å². The molecule has 1 saturated heterocycles. The van der Waals surface area contributed by atoms with E-state index >= 15 is 0 Å². The Hall–Kier alpha value is -3.05. The Morgan fingerprint density at radius 1 is 1.45 bits per heavy atom. The number of rotatable bonds is 5. The van der Waals surface area contributed by atoms with Gasteiger partial charge in [-0.3, -0.25) is 4.79 Å². The number of likely N-dealkylation sites (tertiary alicyclic amines) is 1. The lowest BCUT2D eigenvalue weighted by atomic mass is 9.88. The average Bonchev–Trinajstić information content (AvgIpc) is 3.30. The van der Waals surface area contributed by atoms with Gasteiger partial charge < -0.3 is 19.4 Å². The number of nitrogens with zero attached hydrogens (tertiary/aromatic N) is 2. The maximum atomic E-state index is 12.2. The van der Waals surface area contributed by atoms with Gasteiger partial charge in [-0.25, -0.2) is 4.79 Å². The molecule has 1 fully saturated rings. The maximum Gasteiger partial charge on any atom is 0.409 e. The Bertz CT molecular complexity index is 967. The first kappa shape index (κ1) is 19.3. The number of furan rings is 1. The highest BCUT2D eigenvalue weighted by atomic mass is 32.1. The standard InChI is InChI=1S/C21H21N3O4S/c22-11-17-16-4-2-15(13-28-21(26)24-7-1-8-24)10-18(16)29-20(17)23-19(25)5-3-14-6-9-27-12-14/h3,5-6,9,12,15H,1-2,4,7-8,10,13H2,(H,23,25). The van der Waals surface area contributed by atoms with Crippen molar-refractivity contribution < 1.29 is 18.7 Å². The third-order valence-electron chi connectivity index (χ3n) is 5.24. The zero-order chi connectivity index (χ0) is 20.2. The summed E-state index contributed by atoms with van der Waals surface area (Å²) in [5.74, 6) is -0.0521. The molecule has 0 bridgehead atoms. The minimum Gasteiger partial charge on any atom is -0.472 e. The minimum absolute atomic E-state index is 0.233. The number of carbonyl (C=O) groups excluding carboxylic acids is 2. The quantitative estimate of drug-likeness (QED) is 0.755. The molecule has 0 saturated carbocycles. The van der Waals surface area contributed by atoms with Gasteiger partial charge in [0.2, 0.25) is 5.91 Å². The number of fused-ring (bicyclic) bond motifs is 1. The van der Waals surface area contributed by atoms with Crippen molar-refractivity contribution in [3.05, 3.63) is 46.2 Å². The largest absolute Gasteiger partial charge is 0.472 e. The molecule has 1 atom stereocenters. The number of nitriles is 1. The number of nitrogens with one attached hydrogen (secondary N) is 1. The average molecular weight is 411 g/mol. The van der Waals surface area contributed by atoms with Gasteiger partial charge in [-0.2, -0.15) is 5.26 Å². The summed E-state index contributed by atoms with van der Waals surface area (Å²) >= 11 is 1.44. The van der Waals surface area contributed by atoms with E-state index in [0.29, 0.717) is 17.2 Å². The van der Waals surface area contributed by atoms with Crippen LogP contribution >= 0.6 is 11.3 Å². The third kappa shape index (κ3) is 4.35. The Balaban J connectivity index is 1.38. The highest BCUT2D eigenvalue weighted by molar-refractivity contribution is 7.16. The highest BCUT2D eigenvalue weighted by Crippen LogP contribution is 2.39. The van der Waals surface area contributed by atoms with E-state index in [0.717, 1.165) is 54.8 Å². The van der Waals surface area contributed by atoms with Gasteiger partial charge in [-0.05, 0) is 49.3 Å². The monoisotopic (exact) mass is 411 g/mol. The molecule has 1 aliphatic heterocycles. The number of ether oxygens (including phenoxy) is 1. The fourth-order valence-electron chi connectivity index (χ4n) is 3.48. The highest BCUT2D eigenvalue weighted by Gasteiger charge is 2.28. The van der Waals surface area contributed by atoms with E-state index in [2.05, 4.69) is 11.4 Å². The van der Waals surface area contributed by atoms with E-state index in [9.17, 15) is 14.9 Å². The molecule has 0 spiro atoms. The van der Waals surface area contributed by atoms with Gasteiger partial charge in [-0.1, -0.05) is 0 Å². The smallest absolute Gasteiger partial charge is 0.409 e. The predicted octanol–water partition coefficient (Wildman–Crippen LogP) is 3.81. The first-order valence-electron chi connectivity index (χ1n) is 9.61. The van der Waals surface area contributed by atoms with Crippen molar-refractivity contribution in [2.75, 3.05) is 25.0 Å². The molecule has 2 amide bonds. The second-order valence-corrected chi connectivity index (χ2v) is 8.33. The molecule has 3 heterocycles. The fraction of sp³-hybridized carbons (Fsp3) is 0.381. The van der Waals surface area contributed by atoms with Crippen LogP contribution in [0.4, 0.5) is 9.80 Å². The SMILES string of the molecule is N#Cc1c(NC(=O)C=Cc2ccoc2)sc2c1CCC(COC(=O)N1CCC1)C2. The minimum atomic E-state index is -0.290. The summed E-state index contributed by atoms with van der Waals surface area (Å²) in [6, 6.07) is 3.99. The van der Waals surface area contributed by atoms with Crippen LogP contribution in [-0.4, -0.2) is 36.6 Å². The van der Waals surface area contributed by atoms with Crippen molar-refractivity contribution in [2.45, 2.75) is 25.7 Å². The van der Waals surface area contributed by atoms with Gasteiger partial charge in [0.1, 0.15) is 11.1 Å². The van der Waals surface area contributed by atoms with Crippen LogP contribution in [0, 0.1) is 17.2 Å². The van der Waals surface area contributed by atoms with Gasteiger partial charge in [0.05, 0.1) is 24.7 Å². The number of thiophene rings is 1. The van der Waals surface area contributed by atoms with Gasteiger partial charge in [0.15, 0.2) is 0 Å². The van der Waals surface area contributed by atoms with Crippen molar-refractivity contribution in [1.82, 2.24) is 4.90 Å². The van der Waals surface area contributed by atoms with E-state index < -0.39 is 0 Å². The molecule has 2 aromatic rings. The second kappa shape index (κ2) is 8.53. The van der Waals surface area contributed by atoms with E-state index in [1.807, 2.05) is 0 Å². The number of carbonyl (C=O) groups is 2. The van der Waals surface area contributed by atoms with Crippen LogP contribution < -0.4 is 5.32 Å². The van der Waals surface area contributed by atoms with Crippen molar-refractivity contribution in [2.24, 2.45) is 5.92 Å². The lowest BCUT2D eigenvalue weighted by Gasteiger charge is -2.31. The molecule has 0 radical (unpaired) electrons. The van der Waals surface area contributed by atoms with Crippen molar-refractivity contribution in [3.8, 4) is 6.07 Å². The molecule has 0 aromatic carbocycles. The normalized spacial score (nSPS) is 18.0. The first-order valence-corrected chi connectivity index (χ1v) is 10.4. The summed E-state index contributed by atoms with van der Waals surface area (Å²) in [6.45, 7) is 1.95. The van der Waals surface area contributed by atoms with Gasteiger partial charge in [-0.15, -0.1) is 11.3 Å². The maximum absolute atomic E-state index is 12.2. The Kier molecular flexibility index (Phi) is 5.67. The van der Waals surface area contributed by atoms with Crippen molar-refractivity contribution >= 4 is 34.4 Å². The number of hydrogen-bond acceptors (Lipinski definition) is 6. The molecule has 29 heavy (non-hydrogen) atoms. The van der Waals surface area contributed by atoms with E-state index in [1.165, 1.54) is 23.7 Å². The van der Waals surface area contributed by atoms with Gasteiger partial charge in [0.25, 0.3) is 0 Å². The summed E-state index contributed by atoms with van der Waals surface area (Å²) < 4.78 is 10.4. The number of hydrogen-bond donors (Lipinski definition) is 1. The molecule has 2 aliphatic rings. The summed E-state index contributed by atoms with van der Waals surface area (Å²) in [4.78, 5) is 26.9. The van der Waals surface area contributed by atoms with Crippen LogP contribution in [0.1, 0.15) is 34.4 Å². The Morgan fingerprint density at radius 3 is 3.00 bits per heavy atom. The van der Waals surface area contributed by atoms with Crippen LogP contribution in [0.15, 0.2) is 29.1 Å². The molecule has 8 heteroatoms. The number of amides is 2. The van der Waals surface area contributed by atoms with Crippen LogP contribution in [0.2, 0.25) is 0 Å². The van der Waals surface area contributed by atoms with Crippen LogP contribution in [-0.2, 0) is 22.4 Å². The second-order valence-electron chi connectivity index (χ2n) is 7.23. The van der Waals surface area contributed by atoms with Gasteiger partial charge in [0, 0.05) is 29.6 Å². The molecule has 150 valence electrons. The molecular weight excluding hydrogens is 390 g/mol. The summed E-state index contributed by atoms with van der Waals surface area (Å²) in [5, 5.41) is 13.0. The topological polar surface area (TPSA) is 95.6 Å². The van der Waals surface area contributed by atoms with Crippen LogP contribution in [0.3, 0.4) is 0 Å². The van der Waals surface area contributed by atoms with E-state index in [4.69, 9.17) is 9.15 Å². The fourth-order valence-corrected chi connectivity index (χ4v) is 4.79. The summed E-state index contributed by atoms with van der Waals surface area (Å²) in [6.07, 6.45) is 9.33. The summed E-state index contributed by atoms with van der Waals surface area (Å²) in [5.41, 5.74) is 2.35. The lowest BCUT2D eigenvalue weighted by Crippen LogP contribution is -2.43. The molecule has 1 unspecified atom stereocenters. The molecule has 1 N–H and O–H groups in total. The zero-order valence-electron chi connectivity index (χ0n) is 15.8. The van der Waals surface area contributed by atoms with E-state index in [-0.39, 0.29) is 17.9 Å². The lowest BCUT2D eigenvalue weighted by molar-refractivity contribution is -0.111. The van der Waals surface area contributed by atoms with Gasteiger partial charge >= 0.3 is 6.09 Å². The zero-order valence-corrected chi connectivity index (χ0v) is 16.7. The van der Waals surface area contributed by atoms with Crippen molar-refractivity contribution in [1.29, 1.82) is 5.26 Å². The summed E-state index contributed by atoms with van der Waals surface area (Å²) in [7, 11) is 0.